The van der Waals surface area contributed by atoms with E-state index in [1.54, 1.807) is 0 Å². The number of hydrogen-bond donors (Lipinski definition) is 2. The first-order valence-corrected chi connectivity index (χ1v) is 7.50. The maximum atomic E-state index is 12.0. The number of ether oxygens (including phenoxy) is 1. The third-order valence-electron chi connectivity index (χ3n) is 2.91. The van der Waals surface area contributed by atoms with Gasteiger partial charge in [0.2, 0.25) is 0 Å². The summed E-state index contributed by atoms with van der Waals surface area (Å²) in [6.45, 7) is 4.02. The molecule has 1 rings (SSSR count). The van der Waals surface area contributed by atoms with Gasteiger partial charge in [-0.15, -0.1) is 11.3 Å². The van der Waals surface area contributed by atoms with Crippen LogP contribution in [0.3, 0.4) is 0 Å². The van der Waals surface area contributed by atoms with Crippen LogP contribution in [-0.4, -0.2) is 36.7 Å². The number of amides is 1. The fraction of sp³-hybridized carbons (Fsp3) is 0.571. The zero-order chi connectivity index (χ0) is 15.1. The number of rotatable bonds is 7. The molecule has 1 aromatic rings. The van der Waals surface area contributed by atoms with Crippen LogP contribution in [0.15, 0.2) is 6.07 Å². The van der Waals surface area contributed by atoms with Gasteiger partial charge in [0.1, 0.15) is 0 Å². The summed E-state index contributed by atoms with van der Waals surface area (Å²) in [5.41, 5.74) is 1.19. The Kier molecular flexibility index (Phi) is 6.67. The summed E-state index contributed by atoms with van der Waals surface area (Å²) in [6, 6.07) is 1.88. The highest BCUT2D eigenvalue weighted by atomic mass is 32.1. The summed E-state index contributed by atoms with van der Waals surface area (Å²) >= 11 is 1.47. The third kappa shape index (κ3) is 4.31. The second-order valence-electron chi connectivity index (χ2n) is 4.41. The van der Waals surface area contributed by atoms with Gasteiger partial charge in [-0.2, -0.15) is 0 Å². The van der Waals surface area contributed by atoms with Crippen LogP contribution in [-0.2, 0) is 22.4 Å². The maximum Gasteiger partial charge on any atom is 0.336 e. The van der Waals surface area contributed by atoms with Crippen LogP contribution in [0.2, 0.25) is 0 Å². The highest BCUT2D eigenvalue weighted by Crippen LogP contribution is 2.24. The van der Waals surface area contributed by atoms with Crippen molar-refractivity contribution in [2.45, 2.75) is 39.2 Å². The Morgan fingerprint density at radius 3 is 2.70 bits per heavy atom. The number of aryl methyl sites for hydroxylation is 2. The summed E-state index contributed by atoms with van der Waals surface area (Å²) in [5.74, 6) is -1.02. The first kappa shape index (κ1) is 16.7. The van der Waals surface area contributed by atoms with Crippen molar-refractivity contribution >= 4 is 23.2 Å². The third-order valence-corrected chi connectivity index (χ3v) is 4.14. The van der Waals surface area contributed by atoms with E-state index in [9.17, 15) is 14.7 Å². The molecule has 112 valence electrons. The van der Waals surface area contributed by atoms with Gasteiger partial charge in [-0.3, -0.25) is 4.79 Å². The highest BCUT2D eigenvalue weighted by molar-refractivity contribution is 7.14. The van der Waals surface area contributed by atoms with E-state index in [4.69, 9.17) is 0 Å². The van der Waals surface area contributed by atoms with Crippen molar-refractivity contribution in [1.82, 2.24) is 5.32 Å². The molecular formula is C14H21NO4S. The number of methoxy groups -OCH3 is 1. The number of thiophene rings is 1. The van der Waals surface area contributed by atoms with Crippen LogP contribution >= 0.6 is 11.3 Å². The zero-order valence-electron chi connectivity index (χ0n) is 12.1. The molecule has 0 radical (unpaired) electrons. The molecule has 0 aliphatic carbocycles. The van der Waals surface area contributed by atoms with Gasteiger partial charge in [0.15, 0.2) is 6.10 Å². The molecule has 0 saturated heterocycles. The summed E-state index contributed by atoms with van der Waals surface area (Å²) in [6.07, 6.45) is 1.57. The van der Waals surface area contributed by atoms with Crippen molar-refractivity contribution in [3.8, 4) is 0 Å². The second-order valence-corrected chi connectivity index (χ2v) is 5.55. The number of carbonyl (C=O) groups excluding carboxylic acids is 2. The second kappa shape index (κ2) is 8.01. The van der Waals surface area contributed by atoms with Crippen LogP contribution in [0, 0.1) is 0 Å². The molecule has 0 aromatic carbocycles. The molecule has 1 aromatic heterocycles. The fourth-order valence-electron chi connectivity index (χ4n) is 1.81. The first-order valence-electron chi connectivity index (χ1n) is 6.69. The van der Waals surface area contributed by atoms with Crippen LogP contribution in [0.1, 0.15) is 40.4 Å². The van der Waals surface area contributed by atoms with E-state index in [0.717, 1.165) is 19.3 Å². The molecule has 0 bridgehead atoms. The van der Waals surface area contributed by atoms with Crippen molar-refractivity contribution in [2.24, 2.45) is 0 Å². The predicted octanol–water partition coefficient (Wildman–Crippen LogP) is 1.53. The van der Waals surface area contributed by atoms with Gasteiger partial charge in [-0.1, -0.05) is 20.3 Å². The smallest absolute Gasteiger partial charge is 0.336 e. The maximum absolute atomic E-state index is 12.0. The highest BCUT2D eigenvalue weighted by Gasteiger charge is 2.18. The van der Waals surface area contributed by atoms with Crippen molar-refractivity contribution in [3.63, 3.8) is 0 Å². The Morgan fingerprint density at radius 1 is 1.45 bits per heavy atom. The number of hydrogen-bond acceptors (Lipinski definition) is 5. The molecule has 0 spiro atoms. The predicted molar refractivity (Wildman–Crippen MR) is 78.0 cm³/mol. The van der Waals surface area contributed by atoms with Gasteiger partial charge >= 0.3 is 5.97 Å². The zero-order valence-corrected chi connectivity index (χ0v) is 12.9. The molecule has 1 heterocycles. The Balaban J connectivity index is 2.66. The van der Waals surface area contributed by atoms with Crippen molar-refractivity contribution in [2.75, 3.05) is 13.7 Å². The van der Waals surface area contributed by atoms with E-state index in [1.165, 1.54) is 28.9 Å². The summed E-state index contributed by atoms with van der Waals surface area (Å²) in [4.78, 5) is 24.9. The molecule has 0 aliphatic heterocycles. The van der Waals surface area contributed by atoms with Gasteiger partial charge < -0.3 is 15.2 Å². The van der Waals surface area contributed by atoms with Gasteiger partial charge in [0, 0.05) is 4.88 Å². The lowest BCUT2D eigenvalue weighted by atomic mass is 10.1. The first-order chi connectivity index (χ1) is 9.53. The lowest BCUT2D eigenvalue weighted by molar-refractivity contribution is -0.149. The minimum Gasteiger partial charge on any atom is -0.467 e. The largest absolute Gasteiger partial charge is 0.467 e. The summed E-state index contributed by atoms with van der Waals surface area (Å²) < 4.78 is 4.38. The standard InChI is InChI=1S/C14H21NO4S/c1-4-6-11-9(5-2)7-12(20-11)13(17)15-8-10(16)14(18)19-3/h7,10,16H,4-6,8H2,1-3H3,(H,15,17). The minimum atomic E-state index is -1.33. The monoisotopic (exact) mass is 299 g/mol. The molecule has 0 fully saturated rings. The molecule has 20 heavy (non-hydrogen) atoms. The van der Waals surface area contributed by atoms with Crippen molar-refractivity contribution in [1.29, 1.82) is 0 Å². The number of aliphatic hydroxyl groups is 1. The van der Waals surface area contributed by atoms with E-state index in [0.29, 0.717) is 4.88 Å². The van der Waals surface area contributed by atoms with E-state index >= 15 is 0 Å². The summed E-state index contributed by atoms with van der Waals surface area (Å²) in [5, 5.41) is 12.0. The van der Waals surface area contributed by atoms with Gasteiger partial charge in [0.25, 0.3) is 5.91 Å². The molecule has 1 amide bonds. The molecular weight excluding hydrogens is 278 g/mol. The molecule has 0 saturated carbocycles. The molecule has 0 aliphatic rings. The fourth-order valence-corrected chi connectivity index (χ4v) is 3.08. The van der Waals surface area contributed by atoms with Crippen LogP contribution < -0.4 is 5.32 Å². The quantitative estimate of drug-likeness (QED) is 0.749. The van der Waals surface area contributed by atoms with Gasteiger partial charge in [-0.05, 0) is 24.5 Å². The molecule has 6 heteroatoms. The van der Waals surface area contributed by atoms with E-state index in [-0.39, 0.29) is 12.5 Å². The van der Waals surface area contributed by atoms with E-state index in [2.05, 4.69) is 23.9 Å². The number of aliphatic hydroxyl groups excluding tert-OH is 1. The van der Waals surface area contributed by atoms with Crippen LogP contribution in [0.25, 0.3) is 0 Å². The minimum absolute atomic E-state index is 0.145. The normalized spacial score (nSPS) is 12.0. The topological polar surface area (TPSA) is 75.6 Å². The van der Waals surface area contributed by atoms with Gasteiger partial charge in [-0.25, -0.2) is 4.79 Å². The number of esters is 1. The van der Waals surface area contributed by atoms with Gasteiger partial charge in [0.05, 0.1) is 18.5 Å². The molecule has 2 N–H and O–H groups in total. The Labute approximate surface area is 123 Å². The Bertz CT molecular complexity index is 470. The van der Waals surface area contributed by atoms with Crippen LogP contribution in [0.4, 0.5) is 0 Å². The number of carbonyl (C=O) groups is 2. The van der Waals surface area contributed by atoms with Crippen molar-refractivity contribution in [3.05, 3.63) is 21.4 Å². The van der Waals surface area contributed by atoms with Crippen LogP contribution in [0.5, 0.6) is 0 Å². The lowest BCUT2D eigenvalue weighted by Gasteiger charge is -2.08. The van der Waals surface area contributed by atoms with E-state index in [1.807, 2.05) is 6.07 Å². The lowest BCUT2D eigenvalue weighted by Crippen LogP contribution is -2.36. The Morgan fingerprint density at radius 2 is 2.15 bits per heavy atom. The molecule has 5 nitrogen and oxygen atoms in total. The SMILES string of the molecule is CCCc1sc(C(=O)NCC(O)C(=O)OC)cc1CC. The summed E-state index contributed by atoms with van der Waals surface area (Å²) in [7, 11) is 1.19. The molecule has 1 unspecified atom stereocenters. The van der Waals surface area contributed by atoms with E-state index < -0.39 is 12.1 Å². The average molecular weight is 299 g/mol. The number of nitrogens with one attached hydrogen (secondary N) is 1. The molecule has 1 atom stereocenters. The average Bonchev–Trinajstić information content (AvgIpc) is 2.87. The van der Waals surface area contributed by atoms with Crippen molar-refractivity contribution < 1.29 is 19.4 Å². The Hall–Kier alpha value is -1.40.